The molecule has 110 valence electrons. The van der Waals surface area contributed by atoms with Gasteiger partial charge < -0.3 is 5.32 Å². The van der Waals surface area contributed by atoms with Gasteiger partial charge in [-0.25, -0.2) is 0 Å². The van der Waals surface area contributed by atoms with Crippen LogP contribution in [0.4, 0.5) is 0 Å². The highest BCUT2D eigenvalue weighted by Gasteiger charge is 2.42. The molecule has 19 heavy (non-hydrogen) atoms. The number of hydrogen-bond donors (Lipinski definition) is 1. The van der Waals surface area contributed by atoms with E-state index in [0.717, 1.165) is 6.04 Å². The maximum absolute atomic E-state index is 3.94. The van der Waals surface area contributed by atoms with Crippen LogP contribution in [0.1, 0.15) is 71.6 Å². The molecule has 1 unspecified atom stereocenters. The maximum Gasteiger partial charge on any atom is 0.0308 e. The molecule has 1 saturated heterocycles. The average Bonchev–Trinajstić information content (AvgIpc) is 2.62. The van der Waals surface area contributed by atoms with Crippen molar-refractivity contribution < 1.29 is 0 Å². The molecule has 3 fully saturated rings. The van der Waals surface area contributed by atoms with Crippen LogP contribution in [-0.2, 0) is 0 Å². The Labute approximate surface area is 119 Å². The van der Waals surface area contributed by atoms with E-state index in [1.807, 2.05) is 0 Å². The summed E-state index contributed by atoms with van der Waals surface area (Å²) in [4.78, 5) is 2.87. The largest absolute Gasteiger partial charge is 0.310 e. The van der Waals surface area contributed by atoms with Gasteiger partial charge in [0.05, 0.1) is 0 Å². The van der Waals surface area contributed by atoms with E-state index >= 15 is 0 Å². The van der Waals surface area contributed by atoms with Gasteiger partial charge in [-0.1, -0.05) is 39.5 Å². The second-order valence-corrected chi connectivity index (χ2v) is 7.99. The summed E-state index contributed by atoms with van der Waals surface area (Å²) in [5.74, 6) is 0. The lowest BCUT2D eigenvalue weighted by molar-refractivity contribution is 0.0780. The number of nitrogens with one attached hydrogen (secondary N) is 1. The van der Waals surface area contributed by atoms with Crippen LogP contribution in [0.15, 0.2) is 0 Å². The number of hydrogen-bond acceptors (Lipinski definition) is 2. The minimum atomic E-state index is 0.466. The quantitative estimate of drug-likeness (QED) is 0.779. The summed E-state index contributed by atoms with van der Waals surface area (Å²) in [7, 11) is 0. The molecule has 2 aliphatic carbocycles. The van der Waals surface area contributed by atoms with E-state index < -0.39 is 0 Å². The Balaban J connectivity index is 1.74. The van der Waals surface area contributed by atoms with Crippen LogP contribution in [0.3, 0.4) is 0 Å². The molecule has 2 saturated carbocycles. The first kappa shape index (κ1) is 13.9. The third-order valence-electron chi connectivity index (χ3n) is 6.08. The van der Waals surface area contributed by atoms with Gasteiger partial charge in [0.25, 0.3) is 0 Å². The zero-order valence-electron chi connectivity index (χ0n) is 13.0. The minimum Gasteiger partial charge on any atom is -0.310 e. The van der Waals surface area contributed by atoms with Gasteiger partial charge in [-0.15, -0.1) is 0 Å². The Morgan fingerprint density at radius 3 is 2.42 bits per heavy atom. The standard InChI is InChI=1S/C17H32N2/c1-16(2)9-6-8-15(16)19-13-7-12-18-17(14-19)10-4-3-5-11-17/h15,18H,3-14H2,1-2H3. The predicted octanol–water partition coefficient (Wildman–Crippen LogP) is 3.56. The molecule has 0 aromatic heterocycles. The van der Waals surface area contributed by atoms with Crippen LogP contribution in [0, 0.1) is 5.41 Å². The van der Waals surface area contributed by atoms with E-state index in [0.29, 0.717) is 11.0 Å². The molecule has 0 aromatic rings. The molecule has 3 rings (SSSR count). The van der Waals surface area contributed by atoms with Crippen molar-refractivity contribution in [3.05, 3.63) is 0 Å². The van der Waals surface area contributed by atoms with E-state index in [2.05, 4.69) is 24.1 Å². The van der Waals surface area contributed by atoms with Gasteiger partial charge in [-0.05, 0) is 50.6 Å². The fraction of sp³-hybridized carbons (Fsp3) is 1.00. The Hall–Kier alpha value is -0.0800. The summed E-state index contributed by atoms with van der Waals surface area (Å²) in [5, 5.41) is 3.94. The van der Waals surface area contributed by atoms with E-state index in [1.165, 1.54) is 77.4 Å². The third kappa shape index (κ3) is 2.85. The third-order valence-corrected chi connectivity index (χ3v) is 6.08. The zero-order chi connectivity index (χ0) is 13.3. The van der Waals surface area contributed by atoms with Crippen molar-refractivity contribution in [2.45, 2.75) is 83.2 Å². The summed E-state index contributed by atoms with van der Waals surface area (Å²) in [6.07, 6.45) is 12.8. The molecule has 0 radical (unpaired) electrons. The highest BCUT2D eigenvalue weighted by Crippen LogP contribution is 2.42. The van der Waals surface area contributed by atoms with Crippen LogP contribution in [0.5, 0.6) is 0 Å². The summed E-state index contributed by atoms with van der Waals surface area (Å²) in [6.45, 7) is 8.88. The lowest BCUT2D eigenvalue weighted by Gasteiger charge is -2.44. The first-order valence-electron chi connectivity index (χ1n) is 8.61. The SMILES string of the molecule is CC1(C)CCCC1N1CCCNC2(CCCCC2)C1. The maximum atomic E-state index is 3.94. The molecule has 1 spiro atoms. The lowest BCUT2D eigenvalue weighted by Crippen LogP contribution is -2.55. The Morgan fingerprint density at radius 1 is 0.947 bits per heavy atom. The van der Waals surface area contributed by atoms with Crippen LogP contribution < -0.4 is 5.32 Å². The van der Waals surface area contributed by atoms with Gasteiger partial charge in [-0.2, -0.15) is 0 Å². The molecule has 1 aliphatic heterocycles. The van der Waals surface area contributed by atoms with Crippen LogP contribution in [-0.4, -0.2) is 36.1 Å². The first-order chi connectivity index (χ1) is 9.11. The second-order valence-electron chi connectivity index (χ2n) is 7.99. The summed E-state index contributed by atoms with van der Waals surface area (Å²) >= 11 is 0. The fourth-order valence-electron chi connectivity index (χ4n) is 4.97. The van der Waals surface area contributed by atoms with Crippen molar-refractivity contribution in [3.63, 3.8) is 0 Å². The zero-order valence-corrected chi connectivity index (χ0v) is 13.0. The fourth-order valence-corrected chi connectivity index (χ4v) is 4.97. The van der Waals surface area contributed by atoms with Crippen molar-refractivity contribution >= 4 is 0 Å². The van der Waals surface area contributed by atoms with Crippen molar-refractivity contribution in [2.24, 2.45) is 5.41 Å². The molecule has 3 aliphatic rings. The molecule has 1 atom stereocenters. The van der Waals surface area contributed by atoms with E-state index in [-0.39, 0.29) is 0 Å². The van der Waals surface area contributed by atoms with Crippen LogP contribution in [0.2, 0.25) is 0 Å². The Morgan fingerprint density at radius 2 is 1.74 bits per heavy atom. The van der Waals surface area contributed by atoms with Crippen LogP contribution in [0.25, 0.3) is 0 Å². The smallest absolute Gasteiger partial charge is 0.0308 e. The van der Waals surface area contributed by atoms with Crippen molar-refractivity contribution in [1.29, 1.82) is 0 Å². The lowest BCUT2D eigenvalue weighted by atomic mass is 9.80. The molecule has 2 nitrogen and oxygen atoms in total. The average molecular weight is 264 g/mol. The number of nitrogens with zero attached hydrogens (tertiary/aromatic N) is 1. The Bertz CT molecular complexity index is 304. The van der Waals surface area contributed by atoms with Crippen molar-refractivity contribution in [2.75, 3.05) is 19.6 Å². The van der Waals surface area contributed by atoms with Crippen LogP contribution >= 0.6 is 0 Å². The van der Waals surface area contributed by atoms with Gasteiger partial charge in [0.15, 0.2) is 0 Å². The highest BCUT2D eigenvalue weighted by atomic mass is 15.2. The van der Waals surface area contributed by atoms with E-state index in [1.54, 1.807) is 0 Å². The molecule has 0 amide bonds. The van der Waals surface area contributed by atoms with Gasteiger partial charge in [0, 0.05) is 18.1 Å². The molecule has 0 aromatic carbocycles. The summed E-state index contributed by atoms with van der Waals surface area (Å²) < 4.78 is 0. The number of rotatable bonds is 1. The van der Waals surface area contributed by atoms with E-state index in [4.69, 9.17) is 0 Å². The first-order valence-corrected chi connectivity index (χ1v) is 8.61. The molecule has 1 N–H and O–H groups in total. The highest BCUT2D eigenvalue weighted by molar-refractivity contribution is 5.00. The van der Waals surface area contributed by atoms with Gasteiger partial charge in [0.1, 0.15) is 0 Å². The molecule has 2 heteroatoms. The minimum absolute atomic E-state index is 0.466. The monoisotopic (exact) mass is 264 g/mol. The predicted molar refractivity (Wildman–Crippen MR) is 81.4 cm³/mol. The molecular weight excluding hydrogens is 232 g/mol. The van der Waals surface area contributed by atoms with Gasteiger partial charge >= 0.3 is 0 Å². The molecule has 1 heterocycles. The summed E-state index contributed by atoms with van der Waals surface area (Å²) in [6, 6.07) is 0.839. The normalized spacial score (nSPS) is 35.4. The molecular formula is C17H32N2. The summed E-state index contributed by atoms with van der Waals surface area (Å²) in [5.41, 5.74) is 1.01. The van der Waals surface area contributed by atoms with Crippen molar-refractivity contribution in [1.82, 2.24) is 10.2 Å². The molecule has 0 bridgehead atoms. The topological polar surface area (TPSA) is 15.3 Å². The van der Waals surface area contributed by atoms with Gasteiger partial charge in [-0.3, -0.25) is 4.90 Å². The second kappa shape index (κ2) is 5.37. The Kier molecular flexibility index (Phi) is 3.92. The van der Waals surface area contributed by atoms with Gasteiger partial charge in [0.2, 0.25) is 0 Å². The van der Waals surface area contributed by atoms with E-state index in [9.17, 15) is 0 Å². The van der Waals surface area contributed by atoms with Crippen molar-refractivity contribution in [3.8, 4) is 0 Å².